The number of benzene rings is 1. The molecule has 0 heterocycles. The van der Waals surface area contributed by atoms with Gasteiger partial charge in [-0.2, -0.15) is 0 Å². The van der Waals surface area contributed by atoms with E-state index in [1.54, 1.807) is 25.3 Å². The predicted octanol–water partition coefficient (Wildman–Crippen LogP) is 2.22. The predicted molar refractivity (Wildman–Crippen MR) is 76.8 cm³/mol. The van der Waals surface area contributed by atoms with E-state index in [-0.39, 0.29) is 11.6 Å². The van der Waals surface area contributed by atoms with Gasteiger partial charge in [0.2, 0.25) is 0 Å². The summed E-state index contributed by atoms with van der Waals surface area (Å²) in [4.78, 5) is 13.4. The standard InChI is InChI=1S/C14H22N2O3/c1-4-10(2)16(8-9-19-3)13-11(14(17)18)6-5-7-12(13)15/h5-7,10H,4,8-9,15H2,1-3H3,(H,17,18). The highest BCUT2D eigenvalue weighted by Crippen LogP contribution is 2.30. The first-order valence-electron chi connectivity index (χ1n) is 6.40. The number of hydrogen-bond donors (Lipinski definition) is 2. The van der Waals surface area contributed by atoms with Gasteiger partial charge in [0.1, 0.15) is 0 Å². The zero-order valence-corrected chi connectivity index (χ0v) is 11.7. The highest BCUT2D eigenvalue weighted by Gasteiger charge is 2.21. The molecular formula is C14H22N2O3. The molecule has 0 bridgehead atoms. The lowest BCUT2D eigenvalue weighted by Crippen LogP contribution is -2.37. The number of rotatable bonds is 7. The Kier molecular flexibility index (Phi) is 5.63. The molecule has 106 valence electrons. The number of nitrogens with two attached hydrogens (primary N) is 1. The van der Waals surface area contributed by atoms with Crippen LogP contribution < -0.4 is 10.6 Å². The van der Waals surface area contributed by atoms with Crippen molar-refractivity contribution in [2.75, 3.05) is 30.9 Å². The van der Waals surface area contributed by atoms with Gasteiger partial charge in [-0.25, -0.2) is 4.79 Å². The number of carbonyl (C=O) groups is 1. The maximum absolute atomic E-state index is 11.3. The minimum atomic E-state index is -0.965. The van der Waals surface area contributed by atoms with E-state index < -0.39 is 5.97 Å². The molecule has 3 N–H and O–H groups in total. The monoisotopic (exact) mass is 266 g/mol. The number of ether oxygens (including phenoxy) is 1. The summed E-state index contributed by atoms with van der Waals surface area (Å²) >= 11 is 0. The molecule has 0 spiro atoms. The van der Waals surface area contributed by atoms with Gasteiger partial charge < -0.3 is 20.5 Å². The Bertz CT molecular complexity index is 435. The fraction of sp³-hybridized carbons (Fsp3) is 0.500. The van der Waals surface area contributed by atoms with Crippen LogP contribution in [0.3, 0.4) is 0 Å². The molecule has 0 aliphatic carbocycles. The summed E-state index contributed by atoms with van der Waals surface area (Å²) in [6.45, 7) is 5.25. The second kappa shape index (κ2) is 6.99. The molecule has 0 amide bonds. The first kappa shape index (κ1) is 15.3. The van der Waals surface area contributed by atoms with E-state index in [9.17, 15) is 9.90 Å². The Labute approximate surface area is 114 Å². The summed E-state index contributed by atoms with van der Waals surface area (Å²) in [6.07, 6.45) is 0.900. The molecule has 0 aliphatic rings. The largest absolute Gasteiger partial charge is 0.478 e. The lowest BCUT2D eigenvalue weighted by Gasteiger charge is -2.32. The number of aromatic carboxylic acids is 1. The van der Waals surface area contributed by atoms with Crippen LogP contribution in [-0.2, 0) is 4.74 Å². The summed E-state index contributed by atoms with van der Waals surface area (Å²) in [5, 5.41) is 9.31. The average molecular weight is 266 g/mol. The molecule has 0 aliphatic heterocycles. The minimum Gasteiger partial charge on any atom is -0.478 e. The molecule has 0 aromatic heterocycles. The molecule has 5 heteroatoms. The molecule has 0 saturated carbocycles. The average Bonchev–Trinajstić information content (AvgIpc) is 2.39. The van der Waals surface area contributed by atoms with Crippen molar-refractivity contribution < 1.29 is 14.6 Å². The van der Waals surface area contributed by atoms with E-state index in [1.165, 1.54) is 0 Å². The van der Waals surface area contributed by atoms with Crippen LogP contribution >= 0.6 is 0 Å². The first-order valence-corrected chi connectivity index (χ1v) is 6.40. The van der Waals surface area contributed by atoms with E-state index >= 15 is 0 Å². The second-order valence-electron chi connectivity index (χ2n) is 4.49. The van der Waals surface area contributed by atoms with Crippen LogP contribution in [0, 0.1) is 0 Å². The minimum absolute atomic E-state index is 0.193. The molecule has 1 aromatic carbocycles. The van der Waals surface area contributed by atoms with E-state index in [4.69, 9.17) is 10.5 Å². The Morgan fingerprint density at radius 3 is 2.74 bits per heavy atom. The molecule has 5 nitrogen and oxygen atoms in total. The first-order chi connectivity index (χ1) is 9.02. The lowest BCUT2D eigenvalue weighted by atomic mass is 10.1. The van der Waals surface area contributed by atoms with E-state index in [2.05, 4.69) is 6.92 Å². The lowest BCUT2D eigenvalue weighted by molar-refractivity contribution is 0.0697. The topological polar surface area (TPSA) is 75.8 Å². The third kappa shape index (κ3) is 3.61. The van der Waals surface area contributed by atoms with Crippen LogP contribution in [0.25, 0.3) is 0 Å². The summed E-state index contributed by atoms with van der Waals surface area (Å²) in [5.41, 5.74) is 7.28. The van der Waals surface area contributed by atoms with E-state index in [0.717, 1.165) is 6.42 Å². The molecule has 1 unspecified atom stereocenters. The van der Waals surface area contributed by atoms with Crippen LogP contribution in [0.1, 0.15) is 30.6 Å². The van der Waals surface area contributed by atoms with Crippen LogP contribution in [0.4, 0.5) is 11.4 Å². The molecule has 1 aromatic rings. The fourth-order valence-electron chi connectivity index (χ4n) is 2.02. The SMILES string of the molecule is CCC(C)N(CCOC)c1c(N)cccc1C(=O)O. The van der Waals surface area contributed by atoms with Gasteiger partial charge in [-0.05, 0) is 25.5 Å². The van der Waals surface area contributed by atoms with Crippen LogP contribution in [0.2, 0.25) is 0 Å². The highest BCUT2D eigenvalue weighted by atomic mass is 16.5. The zero-order valence-electron chi connectivity index (χ0n) is 11.7. The summed E-state index contributed by atoms with van der Waals surface area (Å²) in [6, 6.07) is 5.16. The van der Waals surface area contributed by atoms with Crippen molar-refractivity contribution in [2.24, 2.45) is 0 Å². The highest BCUT2D eigenvalue weighted by molar-refractivity contribution is 5.98. The number of carboxylic acid groups (broad SMARTS) is 1. The van der Waals surface area contributed by atoms with Crippen molar-refractivity contribution in [1.29, 1.82) is 0 Å². The number of methoxy groups -OCH3 is 1. The number of nitrogens with zero attached hydrogens (tertiary/aromatic N) is 1. The number of nitrogen functional groups attached to an aromatic ring is 1. The van der Waals surface area contributed by atoms with Crippen molar-refractivity contribution in [3.63, 3.8) is 0 Å². The Morgan fingerprint density at radius 1 is 1.53 bits per heavy atom. The molecule has 0 saturated heterocycles. The van der Waals surface area contributed by atoms with E-state index in [1.807, 2.05) is 11.8 Å². The number of anilines is 2. The summed E-state index contributed by atoms with van der Waals surface area (Å²) < 4.78 is 5.10. The maximum atomic E-state index is 11.3. The van der Waals surface area contributed by atoms with Crippen molar-refractivity contribution in [3.05, 3.63) is 23.8 Å². The van der Waals surface area contributed by atoms with Crippen molar-refractivity contribution >= 4 is 17.3 Å². The number of carboxylic acids is 1. The van der Waals surface area contributed by atoms with Gasteiger partial charge >= 0.3 is 5.97 Å². The van der Waals surface area contributed by atoms with Gasteiger partial charge in [0.25, 0.3) is 0 Å². The molecule has 0 fully saturated rings. The molecule has 19 heavy (non-hydrogen) atoms. The second-order valence-corrected chi connectivity index (χ2v) is 4.49. The fourth-order valence-corrected chi connectivity index (χ4v) is 2.02. The molecule has 0 radical (unpaired) electrons. The third-order valence-electron chi connectivity index (χ3n) is 3.24. The summed E-state index contributed by atoms with van der Waals surface area (Å²) in [5.74, 6) is -0.965. The van der Waals surface area contributed by atoms with Gasteiger partial charge in [0.05, 0.1) is 23.5 Å². The van der Waals surface area contributed by atoms with Crippen molar-refractivity contribution in [2.45, 2.75) is 26.3 Å². The van der Waals surface area contributed by atoms with Crippen LogP contribution in [0.5, 0.6) is 0 Å². The third-order valence-corrected chi connectivity index (χ3v) is 3.24. The molecular weight excluding hydrogens is 244 g/mol. The zero-order chi connectivity index (χ0) is 14.4. The normalized spacial score (nSPS) is 12.2. The number of para-hydroxylation sites is 1. The molecule has 1 atom stereocenters. The Balaban J connectivity index is 3.23. The number of hydrogen-bond acceptors (Lipinski definition) is 4. The van der Waals surface area contributed by atoms with Gasteiger partial charge in [-0.3, -0.25) is 0 Å². The van der Waals surface area contributed by atoms with Crippen LogP contribution in [-0.4, -0.2) is 37.4 Å². The maximum Gasteiger partial charge on any atom is 0.337 e. The van der Waals surface area contributed by atoms with Gasteiger partial charge in [0.15, 0.2) is 0 Å². The Hall–Kier alpha value is -1.75. The van der Waals surface area contributed by atoms with Crippen molar-refractivity contribution in [3.8, 4) is 0 Å². The quantitative estimate of drug-likeness (QED) is 0.740. The van der Waals surface area contributed by atoms with Gasteiger partial charge in [0, 0.05) is 19.7 Å². The molecule has 1 rings (SSSR count). The van der Waals surface area contributed by atoms with Crippen molar-refractivity contribution in [1.82, 2.24) is 0 Å². The van der Waals surface area contributed by atoms with Gasteiger partial charge in [-0.15, -0.1) is 0 Å². The van der Waals surface area contributed by atoms with Crippen LogP contribution in [0.15, 0.2) is 18.2 Å². The smallest absolute Gasteiger partial charge is 0.337 e. The Morgan fingerprint density at radius 2 is 2.21 bits per heavy atom. The van der Waals surface area contributed by atoms with Gasteiger partial charge in [-0.1, -0.05) is 13.0 Å². The van der Waals surface area contributed by atoms with E-state index in [0.29, 0.717) is 24.5 Å². The summed E-state index contributed by atoms with van der Waals surface area (Å²) in [7, 11) is 1.63.